The molecule has 0 bridgehead atoms. The largest absolute Gasteiger partial charge is 0.494 e. The Hall–Kier alpha value is -2.06. The van der Waals surface area contributed by atoms with Gasteiger partial charge in [0.1, 0.15) is 0 Å². The Kier molecular flexibility index (Phi) is 25.6. The first kappa shape index (κ1) is 56.5. The van der Waals surface area contributed by atoms with E-state index in [9.17, 15) is 0 Å². The lowest BCUT2D eigenvalue weighted by Gasteiger charge is -2.32. The van der Waals surface area contributed by atoms with E-state index in [0.717, 1.165) is 162 Å². The molecule has 4 rings (SSSR count). The fourth-order valence-corrected chi connectivity index (χ4v) is 9.96. The summed E-state index contributed by atoms with van der Waals surface area (Å²) >= 11 is 0. The van der Waals surface area contributed by atoms with Crippen molar-refractivity contribution in [1.29, 1.82) is 0 Å². The summed E-state index contributed by atoms with van der Waals surface area (Å²) in [6.07, 6.45) is 7.90. The van der Waals surface area contributed by atoms with Crippen LogP contribution in [0.4, 0.5) is 0 Å². The third kappa shape index (κ3) is 16.8. The minimum absolute atomic E-state index is 0.0231. The molecule has 1 heterocycles. The monoisotopic (exact) mass is 921 g/mol. The first-order chi connectivity index (χ1) is 31.9. The number of nitrogens with zero attached hydrogens (tertiary/aromatic N) is 4. The molecule has 0 aromatic heterocycles. The van der Waals surface area contributed by atoms with Crippen LogP contribution in [-0.2, 0) is 21.3 Å². The van der Waals surface area contributed by atoms with Gasteiger partial charge in [-0.1, -0.05) is 69.5 Å². The molecule has 0 amide bonds. The van der Waals surface area contributed by atoms with E-state index in [1.165, 1.54) is 40.7 Å². The second-order valence-electron chi connectivity index (χ2n) is 19.9. The molecule has 2 aromatic rings. The van der Waals surface area contributed by atoms with Crippen LogP contribution in [0.15, 0.2) is 36.4 Å². The maximum absolute atomic E-state index is 6.54. The molecule has 1 aliphatic carbocycles. The van der Waals surface area contributed by atoms with Gasteiger partial charge in [-0.05, 0) is 99.7 Å². The fourth-order valence-electron chi connectivity index (χ4n) is 9.96. The van der Waals surface area contributed by atoms with E-state index in [1.807, 2.05) is 0 Å². The molecule has 0 radical (unpaired) electrons. The van der Waals surface area contributed by atoms with Gasteiger partial charge in [0, 0.05) is 143 Å². The third-order valence-corrected chi connectivity index (χ3v) is 14.4. The minimum Gasteiger partial charge on any atom is -0.399 e. The molecule has 0 unspecified atom stereocenters. The molecular weight excluding hydrogens is 823 g/mol. The van der Waals surface area contributed by atoms with Gasteiger partial charge in [-0.15, -0.1) is 0 Å². The first-order valence-electron chi connectivity index (χ1n) is 26.1. The van der Waals surface area contributed by atoms with Crippen LogP contribution in [0, 0.1) is 0 Å². The number of hydrogen-bond donors (Lipinski definition) is 8. The van der Waals surface area contributed by atoms with E-state index in [0.29, 0.717) is 26.2 Å². The van der Waals surface area contributed by atoms with Gasteiger partial charge in [0.25, 0.3) is 0 Å². The number of rotatable bonds is 38. The zero-order valence-electron chi connectivity index (χ0n) is 42.7. The number of hydrogen-bond acceptors (Lipinski definition) is 14. The predicted octanol–water partition coefficient (Wildman–Crippen LogP) is 2.29. The third-order valence-electron chi connectivity index (χ3n) is 14.4. The molecule has 15 heteroatoms. The SMILES string of the molecule is CCCC1(CCC)c2cc(CNCCN(CCN)CCN(CCCCCN)CCN(CCNCCN)CCNCCN(CCN)CCN)ccc2-c2ccc(B3OC(C)(C)C(C)(C)O3)cc21. The second kappa shape index (κ2) is 29.9. The van der Waals surface area contributed by atoms with Gasteiger partial charge in [0.15, 0.2) is 0 Å². The molecule has 2 aromatic carbocycles. The Morgan fingerprint density at radius 3 is 1.47 bits per heavy atom. The zero-order valence-corrected chi connectivity index (χ0v) is 42.7. The molecule has 1 aliphatic heterocycles. The molecule has 14 nitrogen and oxygen atoms in total. The molecule has 0 saturated carbocycles. The quantitative estimate of drug-likeness (QED) is 0.0361. The van der Waals surface area contributed by atoms with Crippen LogP contribution < -0.4 is 50.1 Å². The normalized spacial score (nSPS) is 16.1. The van der Waals surface area contributed by atoms with E-state index in [1.54, 1.807) is 0 Å². The van der Waals surface area contributed by atoms with E-state index >= 15 is 0 Å². The molecule has 1 fully saturated rings. The molecule has 13 N–H and O–H groups in total. The van der Waals surface area contributed by atoms with Crippen LogP contribution in [0.1, 0.15) is 103 Å². The molecule has 376 valence electrons. The van der Waals surface area contributed by atoms with Gasteiger partial charge < -0.3 is 58.8 Å². The van der Waals surface area contributed by atoms with Crippen molar-refractivity contribution in [3.8, 4) is 11.1 Å². The van der Waals surface area contributed by atoms with Crippen LogP contribution in [0.5, 0.6) is 0 Å². The van der Waals surface area contributed by atoms with Gasteiger partial charge in [-0.25, -0.2) is 0 Å². The summed E-state index contributed by atoms with van der Waals surface area (Å²) in [5.74, 6) is 0. The fraction of sp³-hybridized carbons (Fsp3) is 0.765. The first-order valence-corrected chi connectivity index (χ1v) is 26.1. The smallest absolute Gasteiger partial charge is 0.399 e. The Morgan fingerprint density at radius 2 is 0.955 bits per heavy atom. The Labute approximate surface area is 402 Å². The van der Waals surface area contributed by atoms with Crippen molar-refractivity contribution in [1.82, 2.24) is 35.6 Å². The van der Waals surface area contributed by atoms with Crippen LogP contribution in [0.3, 0.4) is 0 Å². The summed E-state index contributed by atoms with van der Waals surface area (Å²) in [7, 11) is -0.368. The number of benzene rings is 2. The standard InChI is InChI=1S/C51H97BN12O2/c1-7-16-51(17-8-2)47-40-43(12-14-45(47)46-15-13-44(41-48(46)51)52-65-49(3,4)50(5,6)66-52)42-60-27-35-63(31-22-57)38-36-61(28-11-9-10-18-53)37-39-64(33-24-58-23-19-54)34-26-59-25-32-62(29-20-55)30-21-56/h12-15,40-41,58-60H,7-11,16-39,42,53-57H2,1-6H3. The maximum atomic E-state index is 6.54. The van der Waals surface area contributed by atoms with Gasteiger partial charge in [0.2, 0.25) is 0 Å². The van der Waals surface area contributed by atoms with Crippen molar-refractivity contribution in [2.75, 3.05) is 144 Å². The maximum Gasteiger partial charge on any atom is 0.494 e. The van der Waals surface area contributed by atoms with Crippen molar-refractivity contribution in [3.63, 3.8) is 0 Å². The predicted molar refractivity (Wildman–Crippen MR) is 281 cm³/mol. The molecular formula is C51H97BN12O2. The van der Waals surface area contributed by atoms with E-state index in [-0.39, 0.29) is 23.7 Å². The van der Waals surface area contributed by atoms with Gasteiger partial charge in [-0.2, -0.15) is 0 Å². The Morgan fingerprint density at radius 1 is 0.485 bits per heavy atom. The molecule has 0 spiro atoms. The Balaban J connectivity index is 1.35. The van der Waals surface area contributed by atoms with Crippen LogP contribution in [0.2, 0.25) is 0 Å². The minimum atomic E-state index is -0.375. The summed E-state index contributed by atoms with van der Waals surface area (Å²) in [5.41, 5.74) is 36.9. The van der Waals surface area contributed by atoms with Crippen molar-refractivity contribution >= 4 is 12.6 Å². The van der Waals surface area contributed by atoms with Crippen molar-refractivity contribution < 1.29 is 9.31 Å². The number of unbranched alkanes of at least 4 members (excludes halogenated alkanes) is 2. The average molecular weight is 921 g/mol. The summed E-state index contributed by atoms with van der Waals surface area (Å²) in [5, 5.41) is 11.0. The topological polar surface area (TPSA) is 198 Å². The summed E-state index contributed by atoms with van der Waals surface area (Å²) < 4.78 is 13.1. The van der Waals surface area contributed by atoms with Crippen LogP contribution in [0.25, 0.3) is 11.1 Å². The second-order valence-corrected chi connectivity index (χ2v) is 19.9. The van der Waals surface area contributed by atoms with Gasteiger partial charge in [0.05, 0.1) is 11.2 Å². The Bertz CT molecular complexity index is 1610. The average Bonchev–Trinajstić information content (AvgIpc) is 3.68. The van der Waals surface area contributed by atoms with E-state index < -0.39 is 0 Å². The summed E-state index contributed by atoms with van der Waals surface area (Å²) in [6.45, 7) is 33.8. The number of fused-ring (bicyclic) bond motifs is 3. The van der Waals surface area contributed by atoms with Crippen molar-refractivity contribution in [3.05, 3.63) is 53.1 Å². The highest BCUT2D eigenvalue weighted by atomic mass is 16.7. The van der Waals surface area contributed by atoms with Crippen molar-refractivity contribution in [2.24, 2.45) is 28.7 Å². The van der Waals surface area contributed by atoms with Crippen molar-refractivity contribution in [2.45, 2.75) is 110 Å². The highest BCUT2D eigenvalue weighted by molar-refractivity contribution is 6.62. The lowest BCUT2D eigenvalue weighted by molar-refractivity contribution is 0.00578. The molecule has 0 atom stereocenters. The summed E-state index contributed by atoms with van der Waals surface area (Å²) in [6, 6.07) is 14.2. The van der Waals surface area contributed by atoms with Crippen LogP contribution in [-0.4, -0.2) is 182 Å². The van der Waals surface area contributed by atoms with Gasteiger partial charge >= 0.3 is 7.12 Å². The van der Waals surface area contributed by atoms with Gasteiger partial charge in [-0.3, -0.25) is 14.7 Å². The van der Waals surface area contributed by atoms with E-state index in [4.69, 9.17) is 38.0 Å². The summed E-state index contributed by atoms with van der Waals surface area (Å²) in [4.78, 5) is 10.1. The lowest BCUT2D eigenvalue weighted by atomic mass is 9.69. The van der Waals surface area contributed by atoms with E-state index in [2.05, 4.69) is 113 Å². The highest BCUT2D eigenvalue weighted by Gasteiger charge is 2.52. The molecule has 1 saturated heterocycles. The molecule has 66 heavy (non-hydrogen) atoms. The molecule has 2 aliphatic rings. The number of nitrogens with two attached hydrogens (primary N) is 5. The zero-order chi connectivity index (χ0) is 47.8. The van der Waals surface area contributed by atoms with Crippen LogP contribution >= 0.6 is 0 Å². The number of nitrogens with one attached hydrogen (secondary N) is 3. The highest BCUT2D eigenvalue weighted by Crippen LogP contribution is 2.54. The lowest BCUT2D eigenvalue weighted by Crippen LogP contribution is -2.45.